The van der Waals surface area contributed by atoms with Gasteiger partial charge in [0.25, 0.3) is 0 Å². The molecule has 1 fully saturated rings. The molecule has 8 heteroatoms. The van der Waals surface area contributed by atoms with E-state index in [-0.39, 0.29) is 0 Å². The van der Waals surface area contributed by atoms with E-state index in [4.69, 9.17) is 10.8 Å². The van der Waals surface area contributed by atoms with Crippen LogP contribution >= 0.6 is 0 Å². The van der Waals surface area contributed by atoms with Crippen molar-refractivity contribution in [3.63, 3.8) is 0 Å². The number of hydrogen-bond acceptors (Lipinski definition) is 7. The first-order valence-electron chi connectivity index (χ1n) is 5.45. The number of aliphatic hydroxyl groups is 4. The van der Waals surface area contributed by atoms with E-state index >= 15 is 0 Å². The summed E-state index contributed by atoms with van der Waals surface area (Å²) in [6, 6.07) is -1.46. The molecular formula is C10H17NO7. The smallest absolute Gasteiger partial charge is 0.320 e. The molecule has 1 aliphatic carbocycles. The fourth-order valence-electron chi connectivity index (χ4n) is 1.98. The Bertz CT molecular complexity index is 333. The second kappa shape index (κ2) is 5.29. The molecule has 104 valence electrons. The highest BCUT2D eigenvalue weighted by Crippen LogP contribution is 2.31. The minimum Gasteiger partial charge on any atom is -0.480 e. The third-order valence-corrected chi connectivity index (χ3v) is 3.12. The van der Waals surface area contributed by atoms with Gasteiger partial charge in [-0.25, -0.2) is 0 Å². The van der Waals surface area contributed by atoms with Gasteiger partial charge in [-0.05, 0) is 0 Å². The maximum absolute atomic E-state index is 11.7. The topological polar surface area (TPSA) is 161 Å². The molecule has 7 N–H and O–H groups in total. The van der Waals surface area contributed by atoms with Crippen molar-refractivity contribution in [1.29, 1.82) is 0 Å². The van der Waals surface area contributed by atoms with Crippen molar-refractivity contribution < 1.29 is 35.1 Å². The summed E-state index contributed by atoms with van der Waals surface area (Å²) in [5, 5.41) is 46.7. The Morgan fingerprint density at radius 2 is 1.67 bits per heavy atom. The maximum atomic E-state index is 11.7. The van der Waals surface area contributed by atoms with Crippen molar-refractivity contribution in [1.82, 2.24) is 0 Å². The molecule has 0 aromatic rings. The molecule has 18 heavy (non-hydrogen) atoms. The van der Waals surface area contributed by atoms with Gasteiger partial charge in [-0.3, -0.25) is 9.59 Å². The second-order valence-corrected chi connectivity index (χ2v) is 4.64. The number of rotatable bonds is 4. The first-order valence-corrected chi connectivity index (χ1v) is 5.45. The number of carboxylic acids is 1. The molecule has 0 saturated heterocycles. The van der Waals surface area contributed by atoms with Crippen molar-refractivity contribution in [2.24, 2.45) is 5.73 Å². The lowest BCUT2D eigenvalue weighted by Gasteiger charge is -2.39. The monoisotopic (exact) mass is 263 g/mol. The Hall–Kier alpha value is -1.06. The fraction of sp³-hybridized carbons (Fsp3) is 0.800. The molecule has 1 saturated carbocycles. The molecule has 0 aromatic carbocycles. The minimum absolute atomic E-state index is 0.462. The summed E-state index contributed by atoms with van der Waals surface area (Å²) in [5.74, 6) is -2.26. The Balaban J connectivity index is 2.75. The Morgan fingerprint density at radius 1 is 1.22 bits per heavy atom. The van der Waals surface area contributed by atoms with Crippen molar-refractivity contribution in [2.45, 2.75) is 49.2 Å². The van der Waals surface area contributed by atoms with Gasteiger partial charge in [0.05, 0.1) is 12.2 Å². The lowest BCUT2D eigenvalue weighted by atomic mass is 9.76. The third-order valence-electron chi connectivity index (χ3n) is 3.12. The number of nitrogens with two attached hydrogens (primary N) is 1. The van der Waals surface area contributed by atoms with Gasteiger partial charge in [0.1, 0.15) is 17.7 Å². The van der Waals surface area contributed by atoms with Crippen LogP contribution in [0.1, 0.15) is 19.3 Å². The minimum atomic E-state index is -2.06. The van der Waals surface area contributed by atoms with Gasteiger partial charge in [-0.2, -0.15) is 0 Å². The number of aliphatic carboxylic acids is 1. The molecule has 0 heterocycles. The molecule has 0 bridgehead atoms. The molecule has 8 nitrogen and oxygen atoms in total. The van der Waals surface area contributed by atoms with E-state index in [0.29, 0.717) is 0 Å². The predicted octanol–water partition coefficient (Wildman–Crippen LogP) is -3.03. The van der Waals surface area contributed by atoms with E-state index in [1.807, 2.05) is 0 Å². The van der Waals surface area contributed by atoms with Crippen molar-refractivity contribution in [3.05, 3.63) is 0 Å². The second-order valence-electron chi connectivity index (χ2n) is 4.64. The summed E-state index contributed by atoms with van der Waals surface area (Å²) in [5.41, 5.74) is 3.11. The fourth-order valence-corrected chi connectivity index (χ4v) is 1.98. The highest BCUT2D eigenvalue weighted by Gasteiger charge is 2.48. The van der Waals surface area contributed by atoms with E-state index in [0.717, 1.165) is 0 Å². The number of carbonyl (C=O) groups excluding carboxylic acids is 1. The van der Waals surface area contributed by atoms with Crippen LogP contribution in [-0.4, -0.2) is 67.2 Å². The molecule has 1 unspecified atom stereocenters. The van der Waals surface area contributed by atoms with Gasteiger partial charge >= 0.3 is 5.97 Å². The number of aliphatic hydroxyl groups excluding tert-OH is 3. The van der Waals surface area contributed by atoms with Gasteiger partial charge in [0, 0.05) is 19.3 Å². The van der Waals surface area contributed by atoms with E-state index in [9.17, 15) is 30.0 Å². The maximum Gasteiger partial charge on any atom is 0.320 e. The average molecular weight is 263 g/mol. The van der Waals surface area contributed by atoms with E-state index in [1.54, 1.807) is 0 Å². The van der Waals surface area contributed by atoms with Gasteiger partial charge in [-0.1, -0.05) is 0 Å². The van der Waals surface area contributed by atoms with Crippen LogP contribution in [0.2, 0.25) is 0 Å². The van der Waals surface area contributed by atoms with Gasteiger partial charge in [-0.15, -0.1) is 0 Å². The zero-order valence-electron chi connectivity index (χ0n) is 9.56. The van der Waals surface area contributed by atoms with Crippen molar-refractivity contribution >= 4 is 11.8 Å². The van der Waals surface area contributed by atoms with Gasteiger partial charge in [0.2, 0.25) is 0 Å². The van der Waals surface area contributed by atoms with E-state index < -0.39 is 61.0 Å². The highest BCUT2D eigenvalue weighted by molar-refractivity contribution is 5.91. The molecular weight excluding hydrogens is 246 g/mol. The molecule has 0 amide bonds. The first-order chi connectivity index (χ1) is 8.17. The Morgan fingerprint density at radius 3 is 2.06 bits per heavy atom. The van der Waals surface area contributed by atoms with Crippen LogP contribution in [0.5, 0.6) is 0 Å². The quantitative estimate of drug-likeness (QED) is 0.312. The van der Waals surface area contributed by atoms with Crippen LogP contribution in [0.15, 0.2) is 0 Å². The summed E-state index contributed by atoms with van der Waals surface area (Å²) >= 11 is 0. The first kappa shape index (κ1) is 15.0. The van der Waals surface area contributed by atoms with Crippen molar-refractivity contribution in [3.8, 4) is 0 Å². The largest absolute Gasteiger partial charge is 0.480 e. The molecule has 0 aliphatic heterocycles. The summed E-state index contributed by atoms with van der Waals surface area (Å²) in [4.78, 5) is 22.2. The van der Waals surface area contributed by atoms with E-state index in [2.05, 4.69) is 0 Å². The van der Waals surface area contributed by atoms with Crippen LogP contribution < -0.4 is 5.73 Å². The summed E-state index contributed by atoms with van der Waals surface area (Å²) in [6.07, 6.45) is -5.88. The SMILES string of the molecule is NC(CC(=O)C1(O)C[C@@H](O)C(O)[C@H](O)C1)C(=O)O. The normalized spacial score (nSPS) is 38.2. The summed E-state index contributed by atoms with van der Waals surface area (Å²) in [7, 11) is 0. The number of carbonyl (C=O) groups is 2. The zero-order valence-corrected chi connectivity index (χ0v) is 9.56. The highest BCUT2D eigenvalue weighted by atomic mass is 16.4. The van der Waals surface area contributed by atoms with Crippen LogP contribution in [0.4, 0.5) is 0 Å². The summed E-state index contributed by atoms with van der Waals surface area (Å²) in [6.45, 7) is 0. The Kier molecular flexibility index (Phi) is 4.41. The van der Waals surface area contributed by atoms with Crippen LogP contribution in [0.25, 0.3) is 0 Å². The molecule has 3 atom stereocenters. The number of Topliss-reactive ketones (excluding diaryl/α,β-unsaturated/α-hetero) is 1. The zero-order chi connectivity index (χ0) is 14.1. The lowest BCUT2D eigenvalue weighted by Crippen LogP contribution is -2.57. The van der Waals surface area contributed by atoms with E-state index in [1.165, 1.54) is 0 Å². The van der Waals surface area contributed by atoms with Crippen molar-refractivity contribution in [2.75, 3.05) is 0 Å². The summed E-state index contributed by atoms with van der Waals surface area (Å²) < 4.78 is 0. The van der Waals surface area contributed by atoms with Crippen LogP contribution in [0, 0.1) is 0 Å². The number of ketones is 1. The lowest BCUT2D eigenvalue weighted by molar-refractivity contribution is -0.172. The predicted molar refractivity (Wildman–Crippen MR) is 57.4 cm³/mol. The average Bonchev–Trinajstić information content (AvgIpc) is 2.25. The molecule has 1 rings (SSSR count). The van der Waals surface area contributed by atoms with Crippen LogP contribution in [0.3, 0.4) is 0 Å². The number of carboxylic acid groups (broad SMARTS) is 1. The Labute approximate surface area is 103 Å². The third kappa shape index (κ3) is 3.03. The number of hydrogen-bond donors (Lipinski definition) is 6. The molecule has 0 aromatic heterocycles. The van der Waals surface area contributed by atoms with Gasteiger partial charge in [0.15, 0.2) is 5.78 Å². The molecule has 0 spiro atoms. The molecule has 1 aliphatic rings. The van der Waals surface area contributed by atoms with Gasteiger partial charge < -0.3 is 31.3 Å². The molecule has 0 radical (unpaired) electrons. The standard InChI is InChI=1S/C10H17NO7/c11-4(9(16)17)1-7(14)10(18)2-5(12)8(15)6(13)3-10/h4-6,8,12-13,15,18H,1-3,11H2,(H,16,17)/t4?,5-,6-,8?,10?/m1/s1. The van der Waals surface area contributed by atoms with Crippen LogP contribution in [-0.2, 0) is 9.59 Å².